The van der Waals surface area contributed by atoms with E-state index in [1.165, 1.54) is 29.5 Å². The minimum absolute atomic E-state index is 0.680. The molecule has 0 radical (unpaired) electrons. The Bertz CT molecular complexity index is 407. The molecule has 0 heterocycles. The fraction of sp³-hybridized carbons (Fsp3) is 0.500. The summed E-state index contributed by atoms with van der Waals surface area (Å²) in [5.41, 5.74) is 4.01. The Hall–Kier alpha value is -1.12. The third kappa shape index (κ3) is 3.97. The normalized spacial score (nSPS) is 16.0. The van der Waals surface area contributed by atoms with Gasteiger partial charge in [0, 0.05) is 19.7 Å². The molecule has 1 aromatic rings. The van der Waals surface area contributed by atoms with Crippen LogP contribution in [0, 0.1) is 0 Å². The van der Waals surface area contributed by atoms with Gasteiger partial charge in [0.15, 0.2) is 0 Å². The summed E-state index contributed by atoms with van der Waals surface area (Å²) in [7, 11) is 1.75. The summed E-state index contributed by atoms with van der Waals surface area (Å²) < 4.78 is 5.25. The minimum Gasteiger partial charge on any atom is -0.380 e. The summed E-state index contributed by atoms with van der Waals surface area (Å²) in [5.74, 6) is 0. The maximum Gasteiger partial charge on any atom is 0.0718 e. The first-order valence-corrected chi connectivity index (χ1v) is 6.83. The van der Waals surface area contributed by atoms with Crippen LogP contribution in [0.25, 0.3) is 6.08 Å². The highest BCUT2D eigenvalue weighted by molar-refractivity contribution is 5.57. The molecule has 2 nitrogen and oxygen atoms in total. The lowest BCUT2D eigenvalue weighted by atomic mass is 10.0. The standard InChI is InChI=1S/C16H23NO/c1-3-13(11-17-16-8-9-16)10-14-6-4-5-7-15(14)12-18-2/h4-7,10,16-17H,3,8-9,11-12H2,1-2H3. The fourth-order valence-corrected chi connectivity index (χ4v) is 2.02. The molecule has 0 atom stereocenters. The van der Waals surface area contributed by atoms with Crippen molar-refractivity contribution in [1.82, 2.24) is 5.32 Å². The summed E-state index contributed by atoms with van der Waals surface area (Å²) >= 11 is 0. The first kappa shape index (κ1) is 13.3. The number of hydrogen-bond donors (Lipinski definition) is 1. The fourth-order valence-electron chi connectivity index (χ4n) is 2.02. The zero-order chi connectivity index (χ0) is 12.8. The lowest BCUT2D eigenvalue weighted by Gasteiger charge is -2.09. The molecule has 1 aromatic carbocycles. The predicted molar refractivity (Wildman–Crippen MR) is 76.4 cm³/mol. The van der Waals surface area contributed by atoms with Crippen molar-refractivity contribution in [2.24, 2.45) is 0 Å². The van der Waals surface area contributed by atoms with Gasteiger partial charge in [-0.3, -0.25) is 0 Å². The number of hydrogen-bond acceptors (Lipinski definition) is 2. The first-order valence-electron chi connectivity index (χ1n) is 6.83. The van der Waals surface area contributed by atoms with E-state index in [-0.39, 0.29) is 0 Å². The van der Waals surface area contributed by atoms with Gasteiger partial charge in [-0.1, -0.05) is 42.8 Å². The van der Waals surface area contributed by atoms with Crippen LogP contribution in [-0.2, 0) is 11.3 Å². The highest BCUT2D eigenvalue weighted by Gasteiger charge is 2.20. The second kappa shape index (κ2) is 6.72. The van der Waals surface area contributed by atoms with Crippen LogP contribution < -0.4 is 5.32 Å². The summed E-state index contributed by atoms with van der Waals surface area (Å²) in [6, 6.07) is 9.24. The molecule has 2 heteroatoms. The molecule has 1 N–H and O–H groups in total. The summed E-state index contributed by atoms with van der Waals surface area (Å²) in [6.07, 6.45) is 6.10. The van der Waals surface area contributed by atoms with E-state index in [1.54, 1.807) is 7.11 Å². The number of rotatable bonds is 7. The zero-order valence-electron chi connectivity index (χ0n) is 11.4. The Morgan fingerprint density at radius 1 is 1.39 bits per heavy atom. The van der Waals surface area contributed by atoms with Crippen molar-refractivity contribution in [3.8, 4) is 0 Å². The SMILES string of the molecule is CCC(=Cc1ccccc1COC)CNC1CC1. The van der Waals surface area contributed by atoms with Gasteiger partial charge in [-0.2, -0.15) is 0 Å². The predicted octanol–water partition coefficient (Wildman–Crippen LogP) is 3.38. The third-order valence-electron chi connectivity index (χ3n) is 3.36. The van der Waals surface area contributed by atoms with Crippen molar-refractivity contribution in [3.05, 3.63) is 41.0 Å². The third-order valence-corrected chi connectivity index (χ3v) is 3.36. The number of methoxy groups -OCH3 is 1. The molecule has 0 aliphatic heterocycles. The maximum absolute atomic E-state index is 5.25. The Labute approximate surface area is 110 Å². The summed E-state index contributed by atoms with van der Waals surface area (Å²) in [6.45, 7) is 3.92. The maximum atomic E-state index is 5.25. The van der Waals surface area contributed by atoms with Crippen LogP contribution in [0.4, 0.5) is 0 Å². The molecule has 0 bridgehead atoms. The van der Waals surface area contributed by atoms with Crippen LogP contribution in [0.1, 0.15) is 37.3 Å². The lowest BCUT2D eigenvalue weighted by molar-refractivity contribution is 0.184. The quantitative estimate of drug-likeness (QED) is 0.795. The molecule has 0 spiro atoms. The molecule has 2 rings (SSSR count). The highest BCUT2D eigenvalue weighted by atomic mass is 16.5. The van der Waals surface area contributed by atoms with Gasteiger partial charge >= 0.3 is 0 Å². The average molecular weight is 245 g/mol. The first-order chi connectivity index (χ1) is 8.83. The van der Waals surface area contributed by atoms with E-state index in [2.05, 4.69) is 42.6 Å². The van der Waals surface area contributed by atoms with Gasteiger partial charge in [-0.15, -0.1) is 0 Å². The molecule has 1 aliphatic rings. The second-order valence-corrected chi connectivity index (χ2v) is 4.94. The van der Waals surface area contributed by atoms with Gasteiger partial charge in [0.05, 0.1) is 6.61 Å². The monoisotopic (exact) mass is 245 g/mol. The molecular weight excluding hydrogens is 222 g/mol. The molecule has 1 aliphatic carbocycles. The molecule has 0 unspecified atom stereocenters. The van der Waals surface area contributed by atoms with Gasteiger partial charge < -0.3 is 10.1 Å². The molecule has 0 aromatic heterocycles. The molecule has 18 heavy (non-hydrogen) atoms. The van der Waals surface area contributed by atoms with Gasteiger partial charge in [-0.05, 0) is 30.4 Å². The lowest BCUT2D eigenvalue weighted by Crippen LogP contribution is -2.19. The highest BCUT2D eigenvalue weighted by Crippen LogP contribution is 2.20. The van der Waals surface area contributed by atoms with E-state index in [4.69, 9.17) is 4.74 Å². The van der Waals surface area contributed by atoms with Crippen molar-refractivity contribution >= 4 is 6.08 Å². The summed E-state index contributed by atoms with van der Waals surface area (Å²) in [5, 5.41) is 3.58. The van der Waals surface area contributed by atoms with Gasteiger partial charge in [0.25, 0.3) is 0 Å². The Morgan fingerprint density at radius 3 is 2.83 bits per heavy atom. The van der Waals surface area contributed by atoms with Gasteiger partial charge in [-0.25, -0.2) is 0 Å². The number of ether oxygens (including phenoxy) is 1. The van der Waals surface area contributed by atoms with Gasteiger partial charge in [0.1, 0.15) is 0 Å². The van der Waals surface area contributed by atoms with E-state index in [9.17, 15) is 0 Å². The smallest absolute Gasteiger partial charge is 0.0718 e. The second-order valence-electron chi connectivity index (χ2n) is 4.94. The Morgan fingerprint density at radius 2 is 2.17 bits per heavy atom. The largest absolute Gasteiger partial charge is 0.380 e. The minimum atomic E-state index is 0.680. The topological polar surface area (TPSA) is 21.3 Å². The Balaban J connectivity index is 2.06. The van der Waals surface area contributed by atoms with E-state index in [0.29, 0.717) is 6.61 Å². The van der Waals surface area contributed by atoms with E-state index in [0.717, 1.165) is 19.0 Å². The van der Waals surface area contributed by atoms with Crippen molar-refractivity contribution in [1.29, 1.82) is 0 Å². The Kier molecular flexibility index (Phi) is 4.97. The van der Waals surface area contributed by atoms with E-state index < -0.39 is 0 Å². The van der Waals surface area contributed by atoms with Crippen molar-refractivity contribution in [3.63, 3.8) is 0 Å². The zero-order valence-corrected chi connectivity index (χ0v) is 11.4. The van der Waals surface area contributed by atoms with Crippen LogP contribution >= 0.6 is 0 Å². The molecule has 0 saturated heterocycles. The van der Waals surface area contributed by atoms with Crippen molar-refractivity contribution in [2.75, 3.05) is 13.7 Å². The van der Waals surface area contributed by atoms with E-state index >= 15 is 0 Å². The van der Waals surface area contributed by atoms with Crippen LogP contribution in [0.15, 0.2) is 29.8 Å². The van der Waals surface area contributed by atoms with Crippen molar-refractivity contribution < 1.29 is 4.74 Å². The van der Waals surface area contributed by atoms with Crippen molar-refractivity contribution in [2.45, 2.75) is 38.8 Å². The van der Waals surface area contributed by atoms with Crippen LogP contribution in [0.3, 0.4) is 0 Å². The number of benzene rings is 1. The molecule has 98 valence electrons. The molecular formula is C16H23NO. The van der Waals surface area contributed by atoms with Crippen LogP contribution in [0.5, 0.6) is 0 Å². The average Bonchev–Trinajstić information content (AvgIpc) is 3.21. The molecule has 1 saturated carbocycles. The molecule has 1 fully saturated rings. The van der Waals surface area contributed by atoms with Crippen LogP contribution in [0.2, 0.25) is 0 Å². The van der Waals surface area contributed by atoms with E-state index in [1.807, 2.05) is 0 Å². The number of nitrogens with one attached hydrogen (secondary N) is 1. The van der Waals surface area contributed by atoms with Gasteiger partial charge in [0.2, 0.25) is 0 Å². The molecule has 0 amide bonds. The van der Waals surface area contributed by atoms with Crippen LogP contribution in [-0.4, -0.2) is 19.7 Å². The summed E-state index contributed by atoms with van der Waals surface area (Å²) in [4.78, 5) is 0.